The topological polar surface area (TPSA) is 39.4 Å². The smallest absolute Gasteiger partial charge is 0.416 e. The van der Waals surface area contributed by atoms with Gasteiger partial charge in [0.15, 0.2) is 29.4 Å². The van der Waals surface area contributed by atoms with Gasteiger partial charge in [-0.1, -0.05) is 0 Å². The Labute approximate surface area is 147 Å². The monoisotopic (exact) mass is 386 g/mol. The second-order valence-electron chi connectivity index (χ2n) is 5.33. The highest BCUT2D eigenvalue weighted by atomic mass is 19.4. The maximum absolute atomic E-state index is 14.0. The number of ether oxygens (including phenoxy) is 1. The van der Waals surface area contributed by atoms with Gasteiger partial charge in [-0.25, -0.2) is 13.2 Å². The number of furan rings is 1. The predicted octanol–water partition coefficient (Wildman–Crippen LogP) is 5.99. The fourth-order valence-corrected chi connectivity index (χ4v) is 2.28. The van der Waals surface area contributed by atoms with Crippen LogP contribution in [0.25, 0.3) is 11.3 Å². The summed E-state index contributed by atoms with van der Waals surface area (Å²) >= 11 is 0. The molecule has 3 rings (SSSR count). The van der Waals surface area contributed by atoms with Crippen molar-refractivity contribution in [2.45, 2.75) is 6.18 Å². The summed E-state index contributed by atoms with van der Waals surface area (Å²) < 4.78 is 89.6. The number of rotatable bonds is 4. The molecule has 0 amide bonds. The molecule has 0 aliphatic heterocycles. The molecule has 0 saturated heterocycles. The highest BCUT2D eigenvalue weighted by Gasteiger charge is 2.33. The van der Waals surface area contributed by atoms with E-state index in [0.717, 1.165) is 18.2 Å². The summed E-state index contributed by atoms with van der Waals surface area (Å²) in [5, 5.41) is 0. The molecule has 0 atom stereocenters. The summed E-state index contributed by atoms with van der Waals surface area (Å²) in [7, 11) is 0. The number of alkyl halides is 3. The molecule has 1 aromatic heterocycles. The molecule has 3 aromatic rings. The van der Waals surface area contributed by atoms with Gasteiger partial charge in [0.25, 0.3) is 0 Å². The minimum atomic E-state index is -4.94. The van der Waals surface area contributed by atoms with E-state index < -0.39 is 34.9 Å². The van der Waals surface area contributed by atoms with Crippen molar-refractivity contribution in [3.05, 3.63) is 71.2 Å². The molecule has 9 heteroatoms. The van der Waals surface area contributed by atoms with Gasteiger partial charge in [-0.05, 0) is 42.5 Å². The Morgan fingerprint density at radius 2 is 1.59 bits per heavy atom. The third-order valence-corrected chi connectivity index (χ3v) is 3.49. The first-order valence-corrected chi connectivity index (χ1v) is 7.28. The van der Waals surface area contributed by atoms with E-state index in [1.807, 2.05) is 0 Å². The maximum atomic E-state index is 14.0. The Morgan fingerprint density at radius 1 is 0.926 bits per heavy atom. The van der Waals surface area contributed by atoms with E-state index in [4.69, 9.17) is 9.15 Å². The van der Waals surface area contributed by atoms with Crippen LogP contribution >= 0.6 is 0 Å². The van der Waals surface area contributed by atoms with Crippen molar-refractivity contribution in [2.75, 3.05) is 0 Å². The van der Waals surface area contributed by atoms with Gasteiger partial charge in [-0.2, -0.15) is 13.2 Å². The Morgan fingerprint density at radius 3 is 2.15 bits per heavy atom. The highest BCUT2D eigenvalue weighted by Crippen LogP contribution is 2.39. The van der Waals surface area contributed by atoms with E-state index in [0.29, 0.717) is 6.29 Å². The van der Waals surface area contributed by atoms with Gasteiger partial charge >= 0.3 is 6.18 Å². The first kappa shape index (κ1) is 18.6. The van der Waals surface area contributed by atoms with Crippen molar-refractivity contribution in [1.82, 2.24) is 0 Å². The van der Waals surface area contributed by atoms with E-state index in [9.17, 15) is 31.1 Å². The van der Waals surface area contributed by atoms with Crippen LogP contribution in [0.3, 0.4) is 0 Å². The average Bonchev–Trinajstić information content (AvgIpc) is 3.07. The van der Waals surface area contributed by atoms with Crippen LogP contribution in [-0.2, 0) is 6.18 Å². The summed E-state index contributed by atoms with van der Waals surface area (Å²) in [6.07, 6.45) is -4.56. The van der Waals surface area contributed by atoms with Crippen molar-refractivity contribution >= 4 is 6.29 Å². The molecule has 0 radical (unpaired) electrons. The van der Waals surface area contributed by atoms with Crippen molar-refractivity contribution < 1.29 is 40.3 Å². The van der Waals surface area contributed by atoms with Crippen LogP contribution in [0.2, 0.25) is 0 Å². The molecule has 0 saturated carbocycles. The predicted molar refractivity (Wildman–Crippen MR) is 80.9 cm³/mol. The molecule has 140 valence electrons. The molecule has 1 heterocycles. The third kappa shape index (κ3) is 3.81. The van der Waals surface area contributed by atoms with E-state index in [1.165, 1.54) is 12.1 Å². The molecule has 0 aliphatic carbocycles. The standard InChI is InChI=1S/C18H8F6O3/c19-10-1-3-16(12(7-10)15-4-2-11(8-25)26-15)27-17-13(20)5-9(6-14(17)21)18(22,23)24/h1-8H. The van der Waals surface area contributed by atoms with Crippen LogP contribution < -0.4 is 4.74 Å². The van der Waals surface area contributed by atoms with Crippen LogP contribution in [0.15, 0.2) is 46.9 Å². The zero-order valence-electron chi connectivity index (χ0n) is 13.1. The second kappa shape index (κ2) is 6.82. The number of benzene rings is 2. The summed E-state index contributed by atoms with van der Waals surface area (Å²) in [5.74, 6) is -5.45. The summed E-state index contributed by atoms with van der Waals surface area (Å²) in [5.41, 5.74) is -1.62. The van der Waals surface area contributed by atoms with E-state index in [-0.39, 0.29) is 35.0 Å². The normalized spacial score (nSPS) is 11.5. The van der Waals surface area contributed by atoms with Crippen LogP contribution in [0.5, 0.6) is 11.5 Å². The molecule has 0 spiro atoms. The Balaban J connectivity index is 2.05. The molecule has 3 nitrogen and oxygen atoms in total. The molecule has 0 unspecified atom stereocenters. The minimum absolute atomic E-state index is 0.0423. The average molecular weight is 386 g/mol. The lowest BCUT2D eigenvalue weighted by molar-refractivity contribution is -0.138. The van der Waals surface area contributed by atoms with Crippen molar-refractivity contribution in [3.8, 4) is 22.8 Å². The van der Waals surface area contributed by atoms with Gasteiger partial charge in [0.1, 0.15) is 17.3 Å². The molecule has 0 N–H and O–H groups in total. The summed E-state index contributed by atoms with van der Waals surface area (Å²) in [6, 6.07) is 5.59. The fourth-order valence-electron chi connectivity index (χ4n) is 2.28. The number of carbonyl (C=O) groups excluding carboxylic acids is 1. The van der Waals surface area contributed by atoms with Gasteiger partial charge in [0.05, 0.1) is 11.1 Å². The van der Waals surface area contributed by atoms with Gasteiger partial charge in [0, 0.05) is 0 Å². The highest BCUT2D eigenvalue weighted by molar-refractivity contribution is 5.74. The third-order valence-electron chi connectivity index (χ3n) is 3.49. The minimum Gasteiger partial charge on any atom is -0.453 e. The zero-order chi connectivity index (χ0) is 19.8. The van der Waals surface area contributed by atoms with Crippen molar-refractivity contribution in [3.63, 3.8) is 0 Å². The van der Waals surface area contributed by atoms with Crippen LogP contribution in [0, 0.1) is 17.5 Å². The summed E-state index contributed by atoms with van der Waals surface area (Å²) in [6.45, 7) is 0. The molecule has 27 heavy (non-hydrogen) atoms. The molecule has 0 aliphatic rings. The quantitative estimate of drug-likeness (QED) is 0.409. The van der Waals surface area contributed by atoms with Crippen molar-refractivity contribution in [2.24, 2.45) is 0 Å². The Hall–Kier alpha value is -3.23. The van der Waals surface area contributed by atoms with Gasteiger partial charge in [-0.3, -0.25) is 4.79 Å². The molecular weight excluding hydrogens is 378 g/mol. The van der Waals surface area contributed by atoms with Crippen LogP contribution in [-0.4, -0.2) is 6.29 Å². The lowest BCUT2D eigenvalue weighted by Crippen LogP contribution is -2.07. The van der Waals surface area contributed by atoms with E-state index >= 15 is 0 Å². The molecular formula is C18H8F6O3. The molecule has 0 bridgehead atoms. The maximum Gasteiger partial charge on any atom is 0.416 e. The number of hydrogen-bond donors (Lipinski definition) is 0. The van der Waals surface area contributed by atoms with Gasteiger partial charge < -0.3 is 9.15 Å². The first-order valence-electron chi connectivity index (χ1n) is 7.28. The molecule has 0 fully saturated rings. The number of halogens is 6. The number of carbonyl (C=O) groups is 1. The van der Waals surface area contributed by atoms with Crippen LogP contribution in [0.4, 0.5) is 26.3 Å². The Bertz CT molecular complexity index is 984. The summed E-state index contributed by atoms with van der Waals surface area (Å²) in [4.78, 5) is 10.7. The number of hydrogen-bond acceptors (Lipinski definition) is 3. The van der Waals surface area contributed by atoms with Crippen LogP contribution in [0.1, 0.15) is 16.1 Å². The lowest BCUT2D eigenvalue weighted by atomic mass is 10.1. The van der Waals surface area contributed by atoms with Crippen molar-refractivity contribution in [1.29, 1.82) is 0 Å². The number of aldehydes is 1. The second-order valence-corrected chi connectivity index (χ2v) is 5.33. The van der Waals surface area contributed by atoms with E-state index in [2.05, 4.69) is 0 Å². The van der Waals surface area contributed by atoms with E-state index in [1.54, 1.807) is 0 Å². The largest absolute Gasteiger partial charge is 0.453 e. The zero-order valence-corrected chi connectivity index (χ0v) is 13.1. The Kier molecular flexibility index (Phi) is 4.69. The SMILES string of the molecule is O=Cc1ccc(-c2cc(F)ccc2Oc2c(F)cc(C(F)(F)F)cc2F)o1. The fraction of sp³-hybridized carbons (Fsp3) is 0.0556. The van der Waals surface area contributed by atoms with Gasteiger partial charge in [0.2, 0.25) is 0 Å². The molecule has 2 aromatic carbocycles. The first-order chi connectivity index (χ1) is 12.7. The van der Waals surface area contributed by atoms with Gasteiger partial charge in [-0.15, -0.1) is 0 Å². The lowest BCUT2D eigenvalue weighted by Gasteiger charge is -2.13.